The van der Waals surface area contributed by atoms with Gasteiger partial charge in [0.2, 0.25) is 0 Å². The van der Waals surface area contributed by atoms with E-state index in [9.17, 15) is 9.90 Å². The van der Waals surface area contributed by atoms with Crippen LogP contribution >= 0.6 is 0 Å². The maximum Gasteiger partial charge on any atom is 0.157 e. The number of aliphatic carboxylic acids is 1. The van der Waals surface area contributed by atoms with E-state index in [1.165, 1.54) is 161 Å². The van der Waals surface area contributed by atoms with Crippen molar-refractivity contribution < 1.29 is 25.1 Å². The minimum atomic E-state index is -0.914. The van der Waals surface area contributed by atoms with Crippen LogP contribution in [0.25, 0.3) is 0 Å². The van der Waals surface area contributed by atoms with Crippen LogP contribution in [-0.2, 0) is 14.3 Å². The first-order valence-corrected chi connectivity index (χ1v) is 20.0. The van der Waals surface area contributed by atoms with Crippen LogP contribution in [0.4, 0.5) is 0 Å². The van der Waals surface area contributed by atoms with Gasteiger partial charge in [0.1, 0.15) is 0 Å². The molecular weight excluding hydrogens is 558 g/mol. The first kappa shape index (κ1) is 46.2. The van der Waals surface area contributed by atoms with Crippen LogP contribution in [0.2, 0.25) is 0 Å². The summed E-state index contributed by atoms with van der Waals surface area (Å²) in [6.07, 6.45) is 43.0. The highest BCUT2D eigenvalue weighted by Crippen LogP contribution is 2.15. The van der Waals surface area contributed by atoms with Crippen molar-refractivity contribution in [1.82, 2.24) is 0 Å². The van der Waals surface area contributed by atoms with E-state index in [2.05, 4.69) is 24.8 Å². The van der Waals surface area contributed by atoms with Gasteiger partial charge < -0.3 is 25.1 Å². The molecular formula is C40H81NO4. The summed E-state index contributed by atoms with van der Waals surface area (Å²) < 4.78 is 11.2. The van der Waals surface area contributed by atoms with Crippen molar-refractivity contribution in [3.8, 4) is 0 Å². The Hall–Kier alpha value is -0.910. The summed E-state index contributed by atoms with van der Waals surface area (Å²) in [6, 6.07) is 0. The molecule has 0 heterocycles. The molecule has 0 aliphatic heterocycles. The van der Waals surface area contributed by atoms with Gasteiger partial charge in [-0.15, -0.1) is 0 Å². The second kappa shape index (κ2) is 43.1. The fourth-order valence-electron chi connectivity index (χ4n) is 5.71. The molecule has 0 rings (SSSR count). The number of quaternary nitrogens is 1. The molecule has 0 saturated carbocycles. The van der Waals surface area contributed by atoms with Crippen LogP contribution in [0, 0.1) is 0 Å². The zero-order valence-electron chi connectivity index (χ0n) is 30.9. The summed E-state index contributed by atoms with van der Waals surface area (Å²) in [4.78, 5) is 10.2. The van der Waals surface area contributed by atoms with Crippen LogP contribution in [-0.4, -0.2) is 32.0 Å². The van der Waals surface area contributed by atoms with E-state index >= 15 is 0 Å². The van der Waals surface area contributed by atoms with Crippen LogP contribution in [0.5, 0.6) is 0 Å². The Labute approximate surface area is 282 Å². The zero-order valence-corrected chi connectivity index (χ0v) is 30.9. The second-order valence-electron chi connectivity index (χ2n) is 13.0. The van der Waals surface area contributed by atoms with Crippen molar-refractivity contribution in [2.75, 3.05) is 19.8 Å². The Bertz CT molecular complexity index is 562. The fraction of sp³-hybridized carbons (Fsp3) is 0.925. The molecule has 5 nitrogen and oxygen atoms in total. The van der Waals surface area contributed by atoms with Crippen molar-refractivity contribution in [1.29, 1.82) is 0 Å². The molecule has 0 aromatic rings. The van der Waals surface area contributed by atoms with E-state index < -0.39 is 5.97 Å². The summed E-state index contributed by atoms with van der Waals surface area (Å²) >= 11 is 0. The molecule has 0 atom stereocenters. The van der Waals surface area contributed by atoms with E-state index in [0.717, 1.165) is 45.4 Å². The Balaban J connectivity index is 0. The lowest BCUT2D eigenvalue weighted by molar-refractivity contribution is -0.368. The number of rotatable bonds is 36. The third kappa shape index (κ3) is 45.3. The van der Waals surface area contributed by atoms with Crippen molar-refractivity contribution in [3.63, 3.8) is 0 Å². The Morgan fingerprint density at radius 3 is 1.27 bits per heavy atom. The normalized spacial score (nSPS) is 11.4. The Morgan fingerprint density at radius 1 is 0.533 bits per heavy atom. The lowest BCUT2D eigenvalue weighted by Crippen LogP contribution is -2.50. The molecule has 0 saturated heterocycles. The smallest absolute Gasteiger partial charge is 0.157 e. The van der Waals surface area contributed by atoms with Gasteiger partial charge in [-0.25, -0.2) is 0 Å². The topological polar surface area (TPSA) is 86.2 Å². The molecule has 0 aliphatic carbocycles. The van der Waals surface area contributed by atoms with E-state index in [-0.39, 0.29) is 12.7 Å². The lowest BCUT2D eigenvalue weighted by atomic mass is 10.0. The number of carboxylic acids is 1. The van der Waals surface area contributed by atoms with Crippen molar-refractivity contribution in [2.24, 2.45) is 0 Å². The molecule has 0 amide bonds. The molecule has 0 spiro atoms. The van der Waals surface area contributed by atoms with Gasteiger partial charge in [0, 0.05) is 19.2 Å². The fourth-order valence-corrected chi connectivity index (χ4v) is 5.71. The minimum absolute atomic E-state index is 0.0265. The first-order chi connectivity index (χ1) is 22.1. The zero-order chi connectivity index (χ0) is 33.3. The van der Waals surface area contributed by atoms with Gasteiger partial charge in [0.05, 0.1) is 6.54 Å². The van der Waals surface area contributed by atoms with Gasteiger partial charge in [-0.2, -0.15) is 0 Å². The summed E-state index contributed by atoms with van der Waals surface area (Å²) in [5.74, 6) is -0.914. The Morgan fingerprint density at radius 2 is 0.889 bits per heavy atom. The molecule has 270 valence electrons. The minimum Gasteiger partial charge on any atom is -0.550 e. The van der Waals surface area contributed by atoms with Crippen LogP contribution < -0.4 is 10.8 Å². The van der Waals surface area contributed by atoms with E-state index in [1.54, 1.807) is 0 Å². The number of ether oxygens (including phenoxy) is 2. The molecule has 0 aliphatic rings. The van der Waals surface area contributed by atoms with Crippen molar-refractivity contribution >= 4 is 5.97 Å². The Kier molecular flexibility index (Phi) is 44.2. The monoisotopic (exact) mass is 640 g/mol. The summed E-state index contributed by atoms with van der Waals surface area (Å²) in [5.41, 5.74) is 3.90. The number of hydrogen-bond donors (Lipinski definition) is 1. The van der Waals surface area contributed by atoms with Gasteiger partial charge in [-0.1, -0.05) is 147 Å². The summed E-state index contributed by atoms with van der Waals surface area (Å²) in [6.45, 7) is 8.95. The summed E-state index contributed by atoms with van der Waals surface area (Å²) in [7, 11) is 0. The number of carbonyl (C=O) groups is 1. The third-order valence-corrected chi connectivity index (χ3v) is 8.54. The van der Waals surface area contributed by atoms with Crippen LogP contribution in [0.3, 0.4) is 0 Å². The van der Waals surface area contributed by atoms with Crippen molar-refractivity contribution in [3.05, 3.63) is 12.2 Å². The highest BCUT2D eigenvalue weighted by Gasteiger charge is 2.06. The SMILES string of the molecule is CCCCCCCC/C=C\CCCCCCCC(=O)[O-].CCOC(CCCCCCCCCCCCCCCCC[NH3+])OCC. The molecule has 0 aromatic carbocycles. The largest absolute Gasteiger partial charge is 0.550 e. The molecule has 0 bridgehead atoms. The van der Waals surface area contributed by atoms with E-state index in [4.69, 9.17) is 9.47 Å². The highest BCUT2D eigenvalue weighted by atomic mass is 16.7. The molecule has 5 heteroatoms. The van der Waals surface area contributed by atoms with Crippen LogP contribution in [0.15, 0.2) is 12.2 Å². The molecule has 45 heavy (non-hydrogen) atoms. The maximum absolute atomic E-state index is 10.2. The predicted molar refractivity (Wildman–Crippen MR) is 193 cm³/mol. The molecule has 0 aromatic heterocycles. The maximum atomic E-state index is 10.2. The number of carboxylic acid groups (broad SMARTS) is 1. The number of unbranched alkanes of at least 4 members (excludes halogenated alkanes) is 25. The lowest BCUT2D eigenvalue weighted by Gasteiger charge is -2.16. The van der Waals surface area contributed by atoms with Crippen molar-refractivity contribution in [2.45, 2.75) is 220 Å². The molecule has 0 fully saturated rings. The number of hydrogen-bond acceptors (Lipinski definition) is 4. The van der Waals surface area contributed by atoms with Gasteiger partial charge in [-0.05, 0) is 78.1 Å². The molecule has 0 radical (unpaired) electrons. The van der Waals surface area contributed by atoms with E-state index in [1.807, 2.05) is 13.8 Å². The highest BCUT2D eigenvalue weighted by molar-refractivity contribution is 5.64. The first-order valence-electron chi connectivity index (χ1n) is 20.0. The van der Waals surface area contributed by atoms with Gasteiger partial charge in [0.15, 0.2) is 6.29 Å². The number of allylic oxidation sites excluding steroid dienone is 2. The number of carbonyl (C=O) groups excluding carboxylic acids is 1. The predicted octanol–water partition coefficient (Wildman–Crippen LogP) is 10.6. The quantitative estimate of drug-likeness (QED) is 0.0420. The molecule has 3 N–H and O–H groups in total. The van der Waals surface area contributed by atoms with Gasteiger partial charge in [-0.3, -0.25) is 0 Å². The van der Waals surface area contributed by atoms with Gasteiger partial charge in [0.25, 0.3) is 0 Å². The third-order valence-electron chi connectivity index (χ3n) is 8.54. The van der Waals surface area contributed by atoms with Crippen LogP contribution in [0.1, 0.15) is 213 Å². The summed E-state index contributed by atoms with van der Waals surface area (Å²) in [5, 5.41) is 10.2. The standard InChI is InChI=1S/C22H47NO2.C18H34O2/c1-3-24-22(25-4-2)20-18-16-14-12-10-8-6-5-7-9-11-13-15-17-19-21-23;1-2-3-4-5-6-7-8-9-10-11-12-13-14-15-16-17-18(19)20/h22H,3-21,23H2,1-2H3;9-10H,2-8,11-17H2,1H3,(H,19,20)/b;10-9-. The average Bonchev–Trinajstić information content (AvgIpc) is 3.03. The second-order valence-corrected chi connectivity index (χ2v) is 13.0. The average molecular weight is 640 g/mol. The van der Waals surface area contributed by atoms with E-state index in [0.29, 0.717) is 0 Å². The van der Waals surface area contributed by atoms with Gasteiger partial charge >= 0.3 is 0 Å². The molecule has 0 unspecified atom stereocenters.